The molecule has 0 unspecified atom stereocenters. The second kappa shape index (κ2) is 3.42. The van der Waals surface area contributed by atoms with Gasteiger partial charge in [-0.3, -0.25) is 0 Å². The van der Waals surface area contributed by atoms with Gasteiger partial charge in [-0.1, -0.05) is 0 Å². The molecule has 0 aliphatic carbocycles. The maximum absolute atomic E-state index is 9.21. The minimum atomic E-state index is -1.46. The van der Waals surface area contributed by atoms with Crippen molar-refractivity contribution in [1.82, 2.24) is 0 Å². The van der Waals surface area contributed by atoms with E-state index in [1.807, 2.05) is 0 Å². The summed E-state index contributed by atoms with van der Waals surface area (Å²) in [7, 11) is 0. The lowest BCUT2D eigenvalue weighted by Gasteiger charge is -2.06. The van der Waals surface area contributed by atoms with Crippen LogP contribution >= 0.6 is 0 Å². The molecule has 1 aromatic rings. The molecular formula is C8H11NO3. The van der Waals surface area contributed by atoms with Gasteiger partial charge >= 0.3 is 0 Å². The first-order valence-electron chi connectivity index (χ1n) is 3.53. The molecule has 66 valence electrons. The maximum atomic E-state index is 9.21. The van der Waals surface area contributed by atoms with Gasteiger partial charge in [-0.25, -0.2) is 0 Å². The molecule has 0 heterocycles. The van der Waals surface area contributed by atoms with E-state index >= 15 is 0 Å². The lowest BCUT2D eigenvalue weighted by Crippen LogP contribution is -2.08. The molecule has 0 fully saturated rings. The van der Waals surface area contributed by atoms with E-state index < -0.39 is 6.29 Å². The zero-order chi connectivity index (χ0) is 9.14. The van der Waals surface area contributed by atoms with Gasteiger partial charge in [0.25, 0.3) is 0 Å². The van der Waals surface area contributed by atoms with Gasteiger partial charge in [0.2, 0.25) is 0 Å². The van der Waals surface area contributed by atoms with Crippen molar-refractivity contribution in [2.75, 3.05) is 5.73 Å². The van der Waals surface area contributed by atoms with E-state index in [4.69, 9.17) is 15.9 Å². The summed E-state index contributed by atoms with van der Waals surface area (Å²) in [5.74, 6) is 0.0253. The molecule has 12 heavy (non-hydrogen) atoms. The highest BCUT2D eigenvalue weighted by molar-refractivity contribution is 5.47. The average Bonchev–Trinajstić information content (AvgIpc) is 1.96. The van der Waals surface area contributed by atoms with Gasteiger partial charge in [-0.2, -0.15) is 0 Å². The predicted octanol–water partition coefficient (Wildman–Crippen LogP) is -0.172. The van der Waals surface area contributed by atoms with E-state index in [1.165, 1.54) is 12.1 Å². The number of aliphatic hydroxyl groups excluding tert-OH is 1. The van der Waals surface area contributed by atoms with Crippen molar-refractivity contribution in [3.8, 4) is 5.75 Å². The van der Waals surface area contributed by atoms with Gasteiger partial charge in [-0.15, -0.1) is 0 Å². The fourth-order valence-electron chi connectivity index (χ4n) is 0.966. The number of anilines is 1. The normalized spacial score (nSPS) is 10.6. The second-order valence-corrected chi connectivity index (χ2v) is 2.57. The van der Waals surface area contributed by atoms with Crippen LogP contribution in [-0.2, 0) is 6.42 Å². The van der Waals surface area contributed by atoms with E-state index in [2.05, 4.69) is 0 Å². The molecular weight excluding hydrogens is 158 g/mol. The highest BCUT2D eigenvalue weighted by atomic mass is 16.5. The highest BCUT2D eigenvalue weighted by Gasteiger charge is 2.05. The lowest BCUT2D eigenvalue weighted by molar-refractivity contribution is -0.0384. The number of phenolic OH excluding ortho intramolecular Hbond substituents is 1. The number of hydrogen-bond acceptors (Lipinski definition) is 4. The van der Waals surface area contributed by atoms with Crippen LogP contribution < -0.4 is 5.73 Å². The Balaban J connectivity index is 2.90. The van der Waals surface area contributed by atoms with E-state index in [0.29, 0.717) is 11.3 Å². The van der Waals surface area contributed by atoms with Crippen LogP contribution in [-0.4, -0.2) is 21.6 Å². The number of nitrogens with two attached hydrogens (primary N) is 1. The van der Waals surface area contributed by atoms with Gasteiger partial charge in [0, 0.05) is 17.7 Å². The average molecular weight is 169 g/mol. The maximum Gasteiger partial charge on any atom is 0.155 e. The summed E-state index contributed by atoms with van der Waals surface area (Å²) in [6.45, 7) is 0. The molecule has 0 aliphatic heterocycles. The van der Waals surface area contributed by atoms with Crippen molar-refractivity contribution in [1.29, 1.82) is 0 Å². The van der Waals surface area contributed by atoms with Gasteiger partial charge in [0.05, 0.1) is 0 Å². The molecule has 0 spiro atoms. The summed E-state index contributed by atoms with van der Waals surface area (Å²) >= 11 is 0. The predicted molar refractivity (Wildman–Crippen MR) is 44.4 cm³/mol. The Morgan fingerprint density at radius 2 is 2.00 bits per heavy atom. The minimum absolute atomic E-state index is 0.0170. The lowest BCUT2D eigenvalue weighted by atomic mass is 10.1. The zero-order valence-electron chi connectivity index (χ0n) is 6.44. The Labute approximate surface area is 69.9 Å². The summed E-state index contributed by atoms with van der Waals surface area (Å²) in [5, 5.41) is 26.5. The molecule has 0 radical (unpaired) electrons. The van der Waals surface area contributed by atoms with E-state index in [1.54, 1.807) is 6.07 Å². The fourth-order valence-corrected chi connectivity index (χ4v) is 0.966. The number of phenols is 1. The van der Waals surface area contributed by atoms with Crippen molar-refractivity contribution < 1.29 is 15.3 Å². The summed E-state index contributed by atoms with van der Waals surface area (Å²) in [4.78, 5) is 0. The van der Waals surface area contributed by atoms with E-state index in [-0.39, 0.29) is 12.2 Å². The summed E-state index contributed by atoms with van der Waals surface area (Å²) < 4.78 is 0. The van der Waals surface area contributed by atoms with Crippen molar-refractivity contribution >= 4 is 5.69 Å². The highest BCUT2D eigenvalue weighted by Crippen LogP contribution is 2.20. The monoisotopic (exact) mass is 169 g/mol. The third-order valence-corrected chi connectivity index (χ3v) is 1.51. The van der Waals surface area contributed by atoms with Crippen LogP contribution in [0.3, 0.4) is 0 Å². The van der Waals surface area contributed by atoms with E-state index in [9.17, 15) is 5.11 Å². The third kappa shape index (κ3) is 2.11. The molecule has 4 heteroatoms. The van der Waals surface area contributed by atoms with Crippen molar-refractivity contribution in [2.45, 2.75) is 12.7 Å². The zero-order valence-corrected chi connectivity index (χ0v) is 6.44. The number of aliphatic hydroxyl groups is 2. The molecule has 0 saturated carbocycles. The van der Waals surface area contributed by atoms with Crippen LogP contribution in [0, 0.1) is 0 Å². The smallest absolute Gasteiger partial charge is 0.155 e. The van der Waals surface area contributed by atoms with Gasteiger partial charge in [0.15, 0.2) is 6.29 Å². The Morgan fingerprint density at radius 1 is 1.33 bits per heavy atom. The standard InChI is InChI=1S/C8H11NO3/c9-6-1-2-7(10)5(3-6)4-8(11)12/h1-3,8,10-12H,4,9H2. The molecule has 1 rings (SSSR count). The topological polar surface area (TPSA) is 86.7 Å². The molecule has 0 aliphatic rings. The fraction of sp³-hybridized carbons (Fsp3) is 0.250. The number of aromatic hydroxyl groups is 1. The number of nitrogen functional groups attached to an aromatic ring is 1. The summed E-state index contributed by atoms with van der Waals surface area (Å²) in [5.41, 5.74) is 6.35. The van der Waals surface area contributed by atoms with Crippen LogP contribution in [0.15, 0.2) is 18.2 Å². The quantitative estimate of drug-likeness (QED) is 0.281. The van der Waals surface area contributed by atoms with E-state index in [0.717, 1.165) is 0 Å². The SMILES string of the molecule is Nc1ccc(O)c(CC(O)O)c1. The first kappa shape index (κ1) is 8.83. The van der Waals surface area contributed by atoms with Crippen molar-refractivity contribution in [3.63, 3.8) is 0 Å². The van der Waals surface area contributed by atoms with Gasteiger partial charge in [-0.05, 0) is 18.2 Å². The molecule has 0 bridgehead atoms. The first-order valence-corrected chi connectivity index (χ1v) is 3.53. The van der Waals surface area contributed by atoms with Crippen LogP contribution in [0.2, 0.25) is 0 Å². The Hall–Kier alpha value is -1.26. The van der Waals surface area contributed by atoms with Crippen molar-refractivity contribution in [2.24, 2.45) is 0 Å². The van der Waals surface area contributed by atoms with Crippen LogP contribution in [0.5, 0.6) is 5.75 Å². The minimum Gasteiger partial charge on any atom is -0.508 e. The molecule has 4 nitrogen and oxygen atoms in total. The Bertz CT molecular complexity index is 273. The summed E-state index contributed by atoms with van der Waals surface area (Å²) in [6, 6.07) is 4.48. The molecule has 5 N–H and O–H groups in total. The number of hydrogen-bond donors (Lipinski definition) is 4. The third-order valence-electron chi connectivity index (χ3n) is 1.51. The molecule has 0 aromatic heterocycles. The summed E-state index contributed by atoms with van der Waals surface area (Å²) in [6.07, 6.45) is -1.48. The Kier molecular flexibility index (Phi) is 2.52. The van der Waals surface area contributed by atoms with Gasteiger partial charge in [0.1, 0.15) is 5.75 Å². The van der Waals surface area contributed by atoms with Crippen LogP contribution in [0.4, 0.5) is 5.69 Å². The first-order chi connectivity index (χ1) is 5.59. The number of rotatable bonds is 2. The van der Waals surface area contributed by atoms with Crippen LogP contribution in [0.25, 0.3) is 0 Å². The molecule has 1 aromatic carbocycles. The largest absolute Gasteiger partial charge is 0.508 e. The van der Waals surface area contributed by atoms with Crippen LogP contribution in [0.1, 0.15) is 5.56 Å². The second-order valence-electron chi connectivity index (χ2n) is 2.57. The van der Waals surface area contributed by atoms with Crippen molar-refractivity contribution in [3.05, 3.63) is 23.8 Å². The Morgan fingerprint density at radius 3 is 2.58 bits per heavy atom. The molecule has 0 saturated heterocycles. The molecule has 0 amide bonds. The number of benzene rings is 1. The molecule has 0 atom stereocenters. The van der Waals surface area contributed by atoms with Gasteiger partial charge < -0.3 is 21.1 Å².